The van der Waals surface area contributed by atoms with Gasteiger partial charge in [0, 0.05) is 5.92 Å². The number of benzene rings is 1. The molecule has 0 spiro atoms. The second-order valence-electron chi connectivity index (χ2n) is 5.15. The van der Waals surface area contributed by atoms with E-state index >= 15 is 0 Å². The van der Waals surface area contributed by atoms with Gasteiger partial charge in [-0.2, -0.15) is 0 Å². The summed E-state index contributed by atoms with van der Waals surface area (Å²) >= 11 is 0. The molecular weight excluding hydrogens is 270 g/mol. The van der Waals surface area contributed by atoms with Crippen molar-refractivity contribution in [1.82, 2.24) is 5.06 Å². The van der Waals surface area contributed by atoms with Crippen LogP contribution in [0, 0.1) is 5.92 Å². The van der Waals surface area contributed by atoms with Crippen molar-refractivity contribution in [2.45, 2.75) is 25.4 Å². The minimum absolute atomic E-state index is 0.0444. The third-order valence-corrected chi connectivity index (χ3v) is 3.83. The van der Waals surface area contributed by atoms with Gasteiger partial charge in [-0.1, -0.05) is 30.4 Å². The van der Waals surface area contributed by atoms with Crippen LogP contribution in [-0.4, -0.2) is 35.7 Å². The Morgan fingerprint density at radius 1 is 1.24 bits per heavy atom. The minimum Gasteiger partial charge on any atom is -0.465 e. The topological polar surface area (TPSA) is 55.8 Å². The van der Waals surface area contributed by atoms with E-state index in [1.807, 2.05) is 18.2 Å². The zero-order chi connectivity index (χ0) is 14.8. The maximum atomic E-state index is 12.2. The van der Waals surface area contributed by atoms with Crippen molar-refractivity contribution >= 4 is 11.9 Å². The molecule has 1 fully saturated rings. The van der Waals surface area contributed by atoms with Crippen LogP contribution in [0.25, 0.3) is 0 Å². The van der Waals surface area contributed by atoms with Gasteiger partial charge in [0.05, 0.1) is 18.2 Å². The standard InChI is InChI=1S/C16H17NO4/c1-2-20-16(19)14-12-8-9-13(10-12)17(14)21-15(18)11-6-4-3-5-7-11/h3-9,12-14H,2,10H2,1H3. The van der Waals surface area contributed by atoms with Crippen LogP contribution in [0.3, 0.4) is 0 Å². The molecule has 1 saturated heterocycles. The van der Waals surface area contributed by atoms with Crippen LogP contribution in [0.15, 0.2) is 42.5 Å². The molecule has 2 aliphatic rings. The zero-order valence-electron chi connectivity index (χ0n) is 11.8. The molecule has 3 rings (SSSR count). The smallest absolute Gasteiger partial charge is 0.357 e. The summed E-state index contributed by atoms with van der Waals surface area (Å²) in [5.74, 6) is -0.737. The van der Waals surface area contributed by atoms with Crippen LogP contribution in [0.4, 0.5) is 0 Å². The van der Waals surface area contributed by atoms with E-state index in [0.29, 0.717) is 12.2 Å². The summed E-state index contributed by atoms with van der Waals surface area (Å²) in [5.41, 5.74) is 0.465. The highest BCUT2D eigenvalue weighted by atomic mass is 16.7. The van der Waals surface area contributed by atoms with Crippen LogP contribution in [-0.2, 0) is 14.4 Å². The van der Waals surface area contributed by atoms with E-state index in [0.717, 1.165) is 6.42 Å². The van der Waals surface area contributed by atoms with Crippen LogP contribution < -0.4 is 0 Å². The molecule has 1 aromatic rings. The molecule has 1 heterocycles. The number of fused-ring (bicyclic) bond motifs is 2. The van der Waals surface area contributed by atoms with E-state index in [1.165, 1.54) is 5.06 Å². The summed E-state index contributed by atoms with van der Waals surface area (Å²) in [5, 5.41) is 1.48. The molecule has 0 radical (unpaired) electrons. The van der Waals surface area contributed by atoms with Gasteiger partial charge >= 0.3 is 11.9 Å². The number of hydrogen-bond donors (Lipinski definition) is 0. The van der Waals surface area contributed by atoms with E-state index in [-0.39, 0.29) is 17.9 Å². The van der Waals surface area contributed by atoms with Gasteiger partial charge in [-0.25, -0.2) is 4.79 Å². The molecule has 1 aliphatic heterocycles. The zero-order valence-corrected chi connectivity index (χ0v) is 11.8. The largest absolute Gasteiger partial charge is 0.465 e. The molecule has 0 saturated carbocycles. The van der Waals surface area contributed by atoms with Gasteiger partial charge in [-0.3, -0.25) is 4.79 Å². The van der Waals surface area contributed by atoms with Crippen molar-refractivity contribution in [3.63, 3.8) is 0 Å². The second kappa shape index (κ2) is 5.69. The fourth-order valence-corrected chi connectivity index (χ4v) is 2.88. The average molecular weight is 287 g/mol. The van der Waals surface area contributed by atoms with Crippen LogP contribution >= 0.6 is 0 Å². The number of hydrogen-bond acceptors (Lipinski definition) is 5. The number of ether oxygens (including phenoxy) is 1. The maximum Gasteiger partial charge on any atom is 0.357 e. The van der Waals surface area contributed by atoms with Crippen molar-refractivity contribution in [2.24, 2.45) is 5.92 Å². The van der Waals surface area contributed by atoms with Gasteiger partial charge in [0.25, 0.3) is 0 Å². The quantitative estimate of drug-likeness (QED) is 0.626. The van der Waals surface area contributed by atoms with Gasteiger partial charge < -0.3 is 9.57 Å². The van der Waals surface area contributed by atoms with Crippen LogP contribution in [0.2, 0.25) is 0 Å². The Hall–Kier alpha value is -2.14. The highest BCUT2D eigenvalue weighted by molar-refractivity contribution is 5.89. The van der Waals surface area contributed by atoms with Gasteiger partial charge in [0.2, 0.25) is 0 Å². The lowest BCUT2D eigenvalue weighted by Crippen LogP contribution is -2.45. The maximum absolute atomic E-state index is 12.2. The Balaban J connectivity index is 1.75. The fraction of sp³-hybridized carbons (Fsp3) is 0.375. The Bertz CT molecular complexity index is 569. The molecule has 3 atom stereocenters. The summed E-state index contributed by atoms with van der Waals surface area (Å²) in [6.45, 7) is 2.08. The molecule has 3 unspecified atom stereocenters. The Kier molecular flexibility index (Phi) is 3.75. The molecule has 5 heteroatoms. The molecule has 2 bridgehead atoms. The van der Waals surface area contributed by atoms with Crippen LogP contribution in [0.1, 0.15) is 23.7 Å². The normalized spacial score (nSPS) is 26.8. The Morgan fingerprint density at radius 2 is 2.00 bits per heavy atom. The van der Waals surface area contributed by atoms with Gasteiger partial charge in [-0.15, -0.1) is 5.06 Å². The fourth-order valence-electron chi connectivity index (χ4n) is 2.88. The first-order chi connectivity index (χ1) is 10.2. The summed E-state index contributed by atoms with van der Waals surface area (Å²) in [7, 11) is 0. The number of nitrogens with zero attached hydrogens (tertiary/aromatic N) is 1. The first-order valence-electron chi connectivity index (χ1n) is 7.11. The summed E-state index contributed by atoms with van der Waals surface area (Å²) in [4.78, 5) is 29.7. The van der Waals surface area contributed by atoms with Gasteiger partial charge in [0.1, 0.15) is 0 Å². The van der Waals surface area contributed by atoms with Crippen molar-refractivity contribution in [2.75, 3.05) is 6.61 Å². The summed E-state index contributed by atoms with van der Waals surface area (Å²) < 4.78 is 5.09. The van der Waals surface area contributed by atoms with E-state index in [2.05, 4.69) is 0 Å². The van der Waals surface area contributed by atoms with E-state index in [9.17, 15) is 9.59 Å². The van der Waals surface area contributed by atoms with Crippen LogP contribution in [0.5, 0.6) is 0 Å². The molecule has 0 amide bonds. The summed E-state index contributed by atoms with van der Waals surface area (Å²) in [6, 6.07) is 8.17. The molecular formula is C16H17NO4. The third kappa shape index (κ3) is 2.56. The number of hydroxylamine groups is 2. The molecule has 1 aromatic carbocycles. The first kappa shape index (κ1) is 13.8. The number of carbonyl (C=O) groups excluding carboxylic acids is 2. The third-order valence-electron chi connectivity index (χ3n) is 3.83. The molecule has 21 heavy (non-hydrogen) atoms. The molecule has 1 aliphatic carbocycles. The van der Waals surface area contributed by atoms with Gasteiger partial charge in [-0.05, 0) is 25.5 Å². The molecule has 110 valence electrons. The van der Waals surface area contributed by atoms with E-state index < -0.39 is 12.0 Å². The molecule has 5 nitrogen and oxygen atoms in total. The lowest BCUT2D eigenvalue weighted by molar-refractivity contribution is -0.176. The monoisotopic (exact) mass is 287 g/mol. The van der Waals surface area contributed by atoms with Gasteiger partial charge in [0.15, 0.2) is 6.04 Å². The van der Waals surface area contributed by atoms with E-state index in [4.69, 9.17) is 9.57 Å². The minimum atomic E-state index is -0.535. The highest BCUT2D eigenvalue weighted by Crippen LogP contribution is 2.38. The highest BCUT2D eigenvalue weighted by Gasteiger charge is 2.49. The predicted molar refractivity (Wildman–Crippen MR) is 75.2 cm³/mol. The summed E-state index contributed by atoms with van der Waals surface area (Å²) in [6.07, 6.45) is 4.75. The molecule has 0 N–H and O–H groups in total. The Morgan fingerprint density at radius 3 is 2.71 bits per heavy atom. The Labute approximate surface area is 123 Å². The van der Waals surface area contributed by atoms with Crippen molar-refractivity contribution < 1.29 is 19.2 Å². The average Bonchev–Trinajstić information content (AvgIpc) is 3.09. The second-order valence-corrected chi connectivity index (χ2v) is 5.15. The van der Waals surface area contributed by atoms with Crippen molar-refractivity contribution in [3.8, 4) is 0 Å². The van der Waals surface area contributed by atoms with E-state index in [1.54, 1.807) is 31.2 Å². The van der Waals surface area contributed by atoms with Crippen molar-refractivity contribution in [3.05, 3.63) is 48.0 Å². The number of rotatable bonds is 4. The lowest BCUT2D eigenvalue weighted by Gasteiger charge is -2.28. The van der Waals surface area contributed by atoms with Crippen molar-refractivity contribution in [1.29, 1.82) is 0 Å². The number of esters is 1. The SMILES string of the molecule is CCOC(=O)C1C2C=CC(C2)N1OC(=O)c1ccccc1. The predicted octanol–water partition coefficient (Wildman–Crippen LogP) is 1.95. The lowest BCUT2D eigenvalue weighted by atomic mass is 10.0. The number of carbonyl (C=O) groups is 2. The first-order valence-corrected chi connectivity index (χ1v) is 7.11. The molecule has 0 aromatic heterocycles.